The van der Waals surface area contributed by atoms with Crippen LogP contribution < -0.4 is 0 Å². The van der Waals surface area contributed by atoms with Crippen LogP contribution in [0.5, 0.6) is 0 Å². The second kappa shape index (κ2) is 5.31. The first kappa shape index (κ1) is 13.2. The van der Waals surface area contributed by atoms with Gasteiger partial charge in [-0.3, -0.25) is 0 Å². The van der Waals surface area contributed by atoms with Gasteiger partial charge >= 0.3 is 5.97 Å². The molecule has 0 amide bonds. The molecule has 0 saturated heterocycles. The van der Waals surface area contributed by atoms with E-state index in [4.69, 9.17) is 4.74 Å². The summed E-state index contributed by atoms with van der Waals surface area (Å²) in [6, 6.07) is 13.1. The third kappa shape index (κ3) is 2.21. The zero-order chi connectivity index (χ0) is 14.1. The van der Waals surface area contributed by atoms with Crippen molar-refractivity contribution < 1.29 is 14.1 Å². The molecule has 0 aliphatic carbocycles. The SMILES string of the molecule is COC(=O)c1ccc2c(c1)[S+]([O-])c1ccccc1CC2. The smallest absolute Gasteiger partial charge is 0.338 e. The van der Waals surface area contributed by atoms with Crippen LogP contribution in [-0.2, 0) is 28.8 Å². The summed E-state index contributed by atoms with van der Waals surface area (Å²) in [5.74, 6) is -0.401. The Kier molecular flexibility index (Phi) is 3.51. The van der Waals surface area contributed by atoms with E-state index in [9.17, 15) is 9.35 Å². The van der Waals surface area contributed by atoms with Crippen LogP contribution in [0, 0.1) is 0 Å². The van der Waals surface area contributed by atoms with Gasteiger partial charge in [-0.25, -0.2) is 4.79 Å². The number of carbonyl (C=O) groups is 1. The van der Waals surface area contributed by atoms with Crippen LogP contribution in [0.4, 0.5) is 0 Å². The van der Waals surface area contributed by atoms with E-state index in [0.29, 0.717) is 5.56 Å². The first-order chi connectivity index (χ1) is 9.70. The second-order valence-electron chi connectivity index (χ2n) is 4.69. The first-order valence-electron chi connectivity index (χ1n) is 6.41. The highest BCUT2D eigenvalue weighted by Gasteiger charge is 2.26. The summed E-state index contributed by atoms with van der Waals surface area (Å²) in [7, 11) is 1.35. The largest absolute Gasteiger partial charge is 0.606 e. The van der Waals surface area contributed by atoms with Crippen molar-refractivity contribution >= 4 is 17.1 Å². The van der Waals surface area contributed by atoms with Crippen LogP contribution in [0.1, 0.15) is 21.5 Å². The molecule has 1 aliphatic heterocycles. The van der Waals surface area contributed by atoms with Crippen LogP contribution >= 0.6 is 0 Å². The maximum absolute atomic E-state index is 12.8. The molecule has 1 unspecified atom stereocenters. The van der Waals surface area contributed by atoms with Crippen molar-refractivity contribution in [2.45, 2.75) is 22.6 Å². The van der Waals surface area contributed by atoms with Gasteiger partial charge in [-0.15, -0.1) is 0 Å². The topological polar surface area (TPSA) is 49.4 Å². The van der Waals surface area contributed by atoms with Gasteiger partial charge < -0.3 is 9.29 Å². The number of benzene rings is 2. The number of aryl methyl sites for hydroxylation is 2. The van der Waals surface area contributed by atoms with E-state index in [-0.39, 0.29) is 0 Å². The number of ether oxygens (including phenoxy) is 1. The van der Waals surface area contributed by atoms with E-state index in [1.165, 1.54) is 7.11 Å². The van der Waals surface area contributed by atoms with E-state index in [1.54, 1.807) is 12.1 Å². The molecule has 3 nitrogen and oxygen atoms in total. The van der Waals surface area contributed by atoms with Gasteiger partial charge in [0, 0.05) is 28.4 Å². The maximum atomic E-state index is 12.8. The highest BCUT2D eigenvalue weighted by Crippen LogP contribution is 2.32. The summed E-state index contributed by atoms with van der Waals surface area (Å²) >= 11 is -1.24. The van der Waals surface area contributed by atoms with E-state index >= 15 is 0 Å². The van der Waals surface area contributed by atoms with Gasteiger partial charge in [0.1, 0.15) is 0 Å². The summed E-state index contributed by atoms with van der Waals surface area (Å²) in [5, 5.41) is 0. The molecule has 1 atom stereocenters. The molecule has 1 heterocycles. The van der Waals surface area contributed by atoms with Crippen molar-refractivity contribution in [3.8, 4) is 0 Å². The third-order valence-electron chi connectivity index (χ3n) is 3.52. The third-order valence-corrected chi connectivity index (χ3v) is 5.10. The molecule has 2 aromatic rings. The van der Waals surface area contributed by atoms with Gasteiger partial charge in [0.05, 0.1) is 12.7 Å². The molecule has 2 aromatic carbocycles. The Bertz CT molecular complexity index is 667. The molecule has 0 N–H and O–H groups in total. The molecule has 0 spiro atoms. The van der Waals surface area contributed by atoms with Crippen molar-refractivity contribution in [3.05, 3.63) is 59.2 Å². The zero-order valence-electron chi connectivity index (χ0n) is 11.1. The predicted molar refractivity (Wildman–Crippen MR) is 76.3 cm³/mol. The van der Waals surface area contributed by atoms with Crippen molar-refractivity contribution in [2.75, 3.05) is 7.11 Å². The van der Waals surface area contributed by atoms with Crippen molar-refractivity contribution in [1.82, 2.24) is 0 Å². The van der Waals surface area contributed by atoms with Crippen molar-refractivity contribution in [2.24, 2.45) is 0 Å². The lowest BCUT2D eigenvalue weighted by atomic mass is 10.0. The highest BCUT2D eigenvalue weighted by molar-refractivity contribution is 7.91. The Morgan fingerprint density at radius 2 is 1.80 bits per heavy atom. The Morgan fingerprint density at radius 1 is 1.10 bits per heavy atom. The Hall–Kier alpha value is -1.78. The van der Waals surface area contributed by atoms with Crippen LogP contribution in [0.3, 0.4) is 0 Å². The van der Waals surface area contributed by atoms with E-state index in [0.717, 1.165) is 33.8 Å². The summed E-state index contributed by atoms with van der Waals surface area (Å²) < 4.78 is 17.5. The monoisotopic (exact) mass is 286 g/mol. The van der Waals surface area contributed by atoms with Gasteiger partial charge in [-0.2, -0.15) is 0 Å². The molecule has 20 heavy (non-hydrogen) atoms. The molecular weight excluding hydrogens is 272 g/mol. The Labute approximate surface area is 120 Å². The number of hydrogen-bond acceptors (Lipinski definition) is 3. The van der Waals surface area contributed by atoms with E-state index in [1.807, 2.05) is 30.3 Å². The minimum absolute atomic E-state index is 0.401. The van der Waals surface area contributed by atoms with Gasteiger partial charge in [-0.05, 0) is 25.0 Å². The van der Waals surface area contributed by atoms with Gasteiger partial charge in [-0.1, -0.05) is 24.3 Å². The molecule has 0 saturated carbocycles. The molecule has 3 rings (SSSR count). The lowest BCUT2D eigenvalue weighted by Gasteiger charge is -2.12. The number of rotatable bonds is 1. The second-order valence-corrected chi connectivity index (χ2v) is 6.11. The van der Waals surface area contributed by atoms with Gasteiger partial charge in [0.2, 0.25) is 0 Å². The molecule has 102 valence electrons. The molecule has 0 bridgehead atoms. The van der Waals surface area contributed by atoms with E-state index in [2.05, 4.69) is 0 Å². The summed E-state index contributed by atoms with van der Waals surface area (Å²) in [6.07, 6.45) is 1.70. The molecular formula is C16H14O3S. The standard InChI is InChI=1S/C16H14O3S/c1-19-16(17)13-9-8-12-7-6-11-4-2-3-5-14(11)20(18)15(12)10-13/h2-5,8-10H,6-7H2,1H3. The fraction of sp³-hybridized carbons (Fsp3) is 0.188. The van der Waals surface area contributed by atoms with Gasteiger partial charge in [0.15, 0.2) is 9.79 Å². The van der Waals surface area contributed by atoms with E-state index < -0.39 is 17.1 Å². The minimum Gasteiger partial charge on any atom is -0.606 e. The summed E-state index contributed by atoms with van der Waals surface area (Å²) in [4.78, 5) is 13.2. The lowest BCUT2D eigenvalue weighted by molar-refractivity contribution is 0.0600. The lowest BCUT2D eigenvalue weighted by Crippen LogP contribution is -2.08. The number of esters is 1. The minimum atomic E-state index is -1.24. The quantitative estimate of drug-likeness (QED) is 0.598. The molecule has 4 heteroatoms. The average molecular weight is 286 g/mol. The first-order valence-corrected chi connectivity index (χ1v) is 7.56. The number of carbonyl (C=O) groups excluding carboxylic acids is 1. The van der Waals surface area contributed by atoms with Crippen LogP contribution in [0.2, 0.25) is 0 Å². The molecule has 1 aliphatic rings. The van der Waals surface area contributed by atoms with Crippen LogP contribution in [0.15, 0.2) is 52.3 Å². The fourth-order valence-electron chi connectivity index (χ4n) is 2.46. The predicted octanol–water partition coefficient (Wildman–Crippen LogP) is 2.74. The maximum Gasteiger partial charge on any atom is 0.338 e. The Morgan fingerprint density at radius 3 is 2.55 bits per heavy atom. The summed E-state index contributed by atoms with van der Waals surface area (Å²) in [6.45, 7) is 0. The Balaban J connectivity index is 2.11. The molecule has 0 radical (unpaired) electrons. The number of methoxy groups -OCH3 is 1. The number of fused-ring (bicyclic) bond motifs is 2. The fourth-order valence-corrected chi connectivity index (χ4v) is 3.95. The average Bonchev–Trinajstić information content (AvgIpc) is 2.64. The van der Waals surface area contributed by atoms with Crippen molar-refractivity contribution in [1.29, 1.82) is 0 Å². The molecule has 0 fully saturated rings. The van der Waals surface area contributed by atoms with Crippen LogP contribution in [0.25, 0.3) is 0 Å². The highest BCUT2D eigenvalue weighted by atomic mass is 32.2. The number of hydrogen-bond donors (Lipinski definition) is 0. The van der Waals surface area contributed by atoms with Crippen molar-refractivity contribution in [3.63, 3.8) is 0 Å². The molecule has 0 aromatic heterocycles. The normalized spacial score (nSPS) is 16.8. The zero-order valence-corrected chi connectivity index (χ0v) is 11.9. The van der Waals surface area contributed by atoms with Crippen LogP contribution in [-0.4, -0.2) is 17.6 Å². The summed E-state index contributed by atoms with van der Waals surface area (Å²) in [5.41, 5.74) is 2.59. The van der Waals surface area contributed by atoms with Gasteiger partial charge in [0.25, 0.3) is 0 Å².